The topological polar surface area (TPSA) is 222 Å². The minimum atomic E-state index is -5.04. The summed E-state index contributed by atoms with van der Waals surface area (Å²) in [6.45, 7) is 4.85. The number of rotatable bonds is 13. The molecule has 0 spiro atoms. The summed E-state index contributed by atoms with van der Waals surface area (Å²) in [5.41, 5.74) is 1.59. The van der Waals surface area contributed by atoms with Crippen molar-refractivity contribution in [3.63, 3.8) is 0 Å². The number of hydrogen-bond donors (Lipinski definition) is 2. The Morgan fingerprint density at radius 2 is 1.76 bits per heavy atom. The minimum Gasteiger partial charge on any atom is -0.744 e. The Bertz CT molecular complexity index is 1950. The fourth-order valence-electron chi connectivity index (χ4n) is 4.37. The van der Waals surface area contributed by atoms with Crippen LogP contribution in [0.25, 0.3) is 0 Å². The summed E-state index contributed by atoms with van der Waals surface area (Å²) in [5.74, 6) is -1.90. The number of para-hydroxylation sites is 1. The van der Waals surface area contributed by atoms with E-state index in [1.807, 2.05) is 17.9 Å². The SMILES string of the molecule is CCN(CCNS(C)(=O)=O)c1ccc(N=C2C(=O)N(c3ccccc3)N=C2NC(=O)c2cc(SOO[O-])cc(S(=O)(=O)[O-])c2)c(C)c1.[Na+].[Na+]. The zero-order valence-corrected chi connectivity index (χ0v) is 33.5. The van der Waals surface area contributed by atoms with E-state index in [-0.39, 0.29) is 99.7 Å². The molecule has 21 heteroatoms. The zero-order valence-electron chi connectivity index (χ0n) is 27.1. The Labute approximate surface area is 331 Å². The van der Waals surface area contributed by atoms with E-state index in [1.165, 1.54) is 0 Å². The smallest absolute Gasteiger partial charge is 0.744 e. The number of benzene rings is 3. The molecule has 1 aliphatic heterocycles. The molecule has 0 aliphatic carbocycles. The molecule has 49 heavy (non-hydrogen) atoms. The number of amides is 2. The molecule has 1 aliphatic rings. The number of sulfonamides is 1. The van der Waals surface area contributed by atoms with Crippen LogP contribution in [0, 0.1) is 6.92 Å². The molecule has 0 saturated carbocycles. The third-order valence-corrected chi connectivity index (χ3v) is 8.64. The Morgan fingerprint density at radius 1 is 1.06 bits per heavy atom. The molecule has 16 nitrogen and oxygen atoms in total. The molecule has 3 aromatic rings. The summed E-state index contributed by atoms with van der Waals surface area (Å²) >= 11 is 0.269. The Kier molecular flexibility index (Phi) is 16.5. The summed E-state index contributed by atoms with van der Waals surface area (Å²) in [5, 5.41) is 21.3. The number of amidine groups is 1. The number of likely N-dealkylation sites (N-methyl/N-ethyl adjacent to an activating group) is 1. The molecule has 0 aromatic heterocycles. The van der Waals surface area contributed by atoms with Crippen molar-refractivity contribution in [2.75, 3.05) is 35.8 Å². The number of nitrogens with zero attached hydrogens (tertiary/aromatic N) is 4. The zero-order chi connectivity index (χ0) is 34.4. The molecular weight excluding hydrogens is 723 g/mol. The number of carbonyl (C=O) groups excluding carboxylic acids is 2. The van der Waals surface area contributed by atoms with Crippen molar-refractivity contribution in [1.29, 1.82) is 0 Å². The van der Waals surface area contributed by atoms with Gasteiger partial charge in [0.05, 0.1) is 34.6 Å². The van der Waals surface area contributed by atoms with Crippen molar-refractivity contribution < 1.29 is 105 Å². The molecular formula is C28H28N6Na2O10S3. The second kappa shape index (κ2) is 18.9. The summed E-state index contributed by atoms with van der Waals surface area (Å²) in [6, 6.07) is 16.4. The number of aryl methyl sites for hydroxylation is 1. The number of anilines is 2. The predicted octanol–water partition coefficient (Wildman–Crippen LogP) is -4.62. The fourth-order valence-corrected chi connectivity index (χ4v) is 5.91. The maximum absolute atomic E-state index is 13.6. The van der Waals surface area contributed by atoms with Crippen LogP contribution in [0.3, 0.4) is 0 Å². The van der Waals surface area contributed by atoms with Gasteiger partial charge in [-0.05, 0) is 67.9 Å². The van der Waals surface area contributed by atoms with Gasteiger partial charge in [0.2, 0.25) is 10.0 Å². The monoisotopic (exact) mass is 750 g/mol. The van der Waals surface area contributed by atoms with Crippen LogP contribution in [0.2, 0.25) is 0 Å². The molecule has 0 radical (unpaired) electrons. The summed E-state index contributed by atoms with van der Waals surface area (Å²) in [6.07, 6.45) is 1.08. The third kappa shape index (κ3) is 11.9. The van der Waals surface area contributed by atoms with Gasteiger partial charge in [-0.3, -0.25) is 14.6 Å². The normalized spacial score (nSPS) is 13.8. The van der Waals surface area contributed by atoms with Crippen molar-refractivity contribution in [1.82, 2.24) is 10.0 Å². The maximum Gasteiger partial charge on any atom is 1.00 e. The quantitative estimate of drug-likeness (QED) is 0.0554. The molecule has 1 heterocycles. The summed E-state index contributed by atoms with van der Waals surface area (Å²) in [4.78, 5) is 32.5. The van der Waals surface area contributed by atoms with Gasteiger partial charge in [-0.25, -0.2) is 26.6 Å². The summed E-state index contributed by atoms with van der Waals surface area (Å²) < 4.78 is 64.8. The second-order valence-corrected chi connectivity index (χ2v) is 13.9. The van der Waals surface area contributed by atoms with E-state index in [0.29, 0.717) is 30.0 Å². The van der Waals surface area contributed by atoms with Gasteiger partial charge in [0.1, 0.15) is 10.1 Å². The van der Waals surface area contributed by atoms with Crippen LogP contribution in [0.4, 0.5) is 17.1 Å². The van der Waals surface area contributed by atoms with Crippen molar-refractivity contribution in [3.8, 4) is 0 Å². The first-order valence-electron chi connectivity index (χ1n) is 13.6. The largest absolute Gasteiger partial charge is 1.00 e. The van der Waals surface area contributed by atoms with Crippen molar-refractivity contribution >= 4 is 72.6 Å². The van der Waals surface area contributed by atoms with Crippen molar-refractivity contribution in [3.05, 3.63) is 77.9 Å². The Hall–Kier alpha value is -2.21. The number of hydrogen-bond acceptors (Lipinski definition) is 14. The van der Waals surface area contributed by atoms with Crippen LogP contribution in [-0.4, -0.2) is 70.6 Å². The average Bonchev–Trinajstić information content (AvgIpc) is 3.32. The van der Waals surface area contributed by atoms with E-state index < -0.39 is 36.9 Å². The van der Waals surface area contributed by atoms with Crippen LogP contribution in [0.5, 0.6) is 0 Å². The van der Waals surface area contributed by atoms with E-state index in [0.717, 1.165) is 35.2 Å². The second-order valence-electron chi connectivity index (χ2n) is 9.90. The molecule has 250 valence electrons. The Morgan fingerprint density at radius 3 is 2.35 bits per heavy atom. The molecule has 2 N–H and O–H groups in total. The van der Waals surface area contributed by atoms with Crippen LogP contribution in [-0.2, 0) is 34.3 Å². The molecule has 4 rings (SSSR count). The fraction of sp³-hybridized carbons (Fsp3) is 0.214. The van der Waals surface area contributed by atoms with Gasteiger partial charge in [-0.1, -0.05) is 18.2 Å². The van der Waals surface area contributed by atoms with Crippen molar-refractivity contribution in [2.24, 2.45) is 10.1 Å². The van der Waals surface area contributed by atoms with Gasteiger partial charge >= 0.3 is 65.0 Å². The van der Waals surface area contributed by atoms with Crippen LogP contribution < -0.4 is 84.3 Å². The van der Waals surface area contributed by atoms with E-state index >= 15 is 0 Å². The molecule has 0 atom stereocenters. The van der Waals surface area contributed by atoms with Crippen molar-refractivity contribution in [2.45, 2.75) is 23.6 Å². The average molecular weight is 751 g/mol. The van der Waals surface area contributed by atoms with E-state index in [2.05, 4.69) is 29.5 Å². The van der Waals surface area contributed by atoms with E-state index in [4.69, 9.17) is 0 Å². The van der Waals surface area contributed by atoms with Crippen LogP contribution in [0.15, 0.2) is 86.6 Å². The first-order chi connectivity index (χ1) is 22.2. The molecule has 0 fully saturated rings. The number of aliphatic imine (C=N–C) groups is 1. The summed E-state index contributed by atoms with van der Waals surface area (Å²) in [7, 11) is -8.39. The molecule has 3 aromatic carbocycles. The van der Waals surface area contributed by atoms with Crippen LogP contribution >= 0.6 is 12.0 Å². The van der Waals surface area contributed by atoms with Gasteiger partial charge in [0.25, 0.3) is 5.91 Å². The number of nitrogens with one attached hydrogen (secondary N) is 2. The molecule has 0 saturated heterocycles. The van der Waals surface area contributed by atoms with Gasteiger partial charge in [0.15, 0.2) is 11.5 Å². The molecule has 0 bridgehead atoms. The first-order valence-corrected chi connectivity index (χ1v) is 17.7. The predicted molar refractivity (Wildman–Crippen MR) is 170 cm³/mol. The van der Waals surface area contributed by atoms with Crippen LogP contribution in [0.1, 0.15) is 22.8 Å². The third-order valence-electron chi connectivity index (χ3n) is 6.55. The number of hydrazone groups is 1. The van der Waals surface area contributed by atoms with E-state index in [9.17, 15) is 36.2 Å². The molecule has 0 unspecified atom stereocenters. The standard InChI is InChI=1S/C28H30N6O10S3.2Na/c1-4-33(13-12-29-46(3,38)39)21-10-11-24(18(2)14-21)30-25-26(32-34(28(25)36)20-8-6-5-7-9-20)31-27(35)19-15-22(45-44-43-37)17-23(16-19)47(40,41)42;;/h5-11,14-17,29,37H,4,12-13H2,1-3H3,(H,31,32,35)(H,40,41,42);;/q;2*+1/p-2. The van der Waals surface area contributed by atoms with Gasteiger partial charge in [-0.15, -0.1) is 5.10 Å². The van der Waals surface area contributed by atoms with E-state index in [1.54, 1.807) is 49.4 Å². The number of carbonyl (C=O) groups is 2. The van der Waals surface area contributed by atoms with Gasteiger partial charge < -0.3 is 20.0 Å². The minimum absolute atomic E-state index is 0. The Balaban J connectivity index is 0.00000417. The molecule has 2 amide bonds. The van der Waals surface area contributed by atoms with Gasteiger partial charge in [-0.2, -0.15) is 9.34 Å². The first kappa shape index (κ1) is 43.0. The van der Waals surface area contributed by atoms with Gasteiger partial charge in [0, 0.05) is 35.8 Å². The maximum atomic E-state index is 13.6.